The fraction of sp³-hybridized carbons (Fsp3) is 0.375. The molecule has 0 unspecified atom stereocenters. The summed E-state index contributed by atoms with van der Waals surface area (Å²) >= 11 is 0. The molecule has 0 aromatic heterocycles. The van der Waals surface area contributed by atoms with E-state index in [0.29, 0.717) is 24.1 Å². The average molecular weight is 318 g/mol. The number of hydrogen-bond donors (Lipinski definition) is 0. The minimum Gasteiger partial charge on any atom is -0.469 e. The first-order valence-electron chi connectivity index (χ1n) is 7.15. The van der Waals surface area contributed by atoms with Crippen LogP contribution in [-0.4, -0.2) is 61.2 Å². The first-order chi connectivity index (χ1) is 10.9. The van der Waals surface area contributed by atoms with Crippen LogP contribution in [0.2, 0.25) is 0 Å². The smallest absolute Gasteiger partial charge is 0.305 e. The van der Waals surface area contributed by atoms with Gasteiger partial charge in [-0.25, -0.2) is 0 Å². The van der Waals surface area contributed by atoms with Gasteiger partial charge in [-0.3, -0.25) is 24.1 Å². The predicted octanol–water partition coefficient (Wildman–Crippen LogP) is 0.938. The number of carbonyl (C=O) groups is 4. The summed E-state index contributed by atoms with van der Waals surface area (Å²) in [5.41, 5.74) is 0.884. The molecule has 0 saturated carbocycles. The third-order valence-corrected chi connectivity index (χ3v) is 3.79. The Kier molecular flexibility index (Phi) is 4.78. The Morgan fingerprint density at radius 1 is 1.17 bits per heavy atom. The summed E-state index contributed by atoms with van der Waals surface area (Å²) in [6, 6.07) is 4.47. The molecule has 1 aliphatic heterocycles. The standard InChI is InChI=1S/C16H18N2O5/c1-17(8-4-5-13(19)23-3)14(20)10-6-7-11-12(9-10)16(22)18(2)15(11)21/h6-7,9H,4-5,8H2,1-3H3. The number of amides is 3. The van der Waals surface area contributed by atoms with Crippen molar-refractivity contribution < 1.29 is 23.9 Å². The monoisotopic (exact) mass is 318 g/mol. The summed E-state index contributed by atoms with van der Waals surface area (Å²) in [4.78, 5) is 49.7. The highest BCUT2D eigenvalue weighted by molar-refractivity contribution is 6.21. The number of fused-ring (bicyclic) bond motifs is 1. The van der Waals surface area contributed by atoms with Crippen LogP contribution in [0.4, 0.5) is 0 Å². The minimum absolute atomic E-state index is 0.232. The second-order valence-corrected chi connectivity index (χ2v) is 5.34. The van der Waals surface area contributed by atoms with Gasteiger partial charge in [0.2, 0.25) is 0 Å². The van der Waals surface area contributed by atoms with Gasteiger partial charge in [0.1, 0.15) is 0 Å². The number of ether oxygens (including phenoxy) is 1. The molecule has 0 bridgehead atoms. The highest BCUT2D eigenvalue weighted by Gasteiger charge is 2.33. The second-order valence-electron chi connectivity index (χ2n) is 5.34. The lowest BCUT2D eigenvalue weighted by Gasteiger charge is -2.17. The van der Waals surface area contributed by atoms with E-state index in [1.165, 1.54) is 37.3 Å². The molecule has 0 saturated heterocycles. The fourth-order valence-corrected chi connectivity index (χ4v) is 2.38. The number of methoxy groups -OCH3 is 1. The highest BCUT2D eigenvalue weighted by Crippen LogP contribution is 2.23. The molecule has 0 aliphatic carbocycles. The number of carbonyl (C=O) groups excluding carboxylic acids is 4. The van der Waals surface area contributed by atoms with E-state index in [0.717, 1.165) is 4.90 Å². The zero-order valence-corrected chi connectivity index (χ0v) is 13.3. The second kappa shape index (κ2) is 6.60. The van der Waals surface area contributed by atoms with E-state index in [1.54, 1.807) is 7.05 Å². The van der Waals surface area contributed by atoms with E-state index in [1.807, 2.05) is 0 Å². The zero-order chi connectivity index (χ0) is 17.1. The Bertz CT molecular complexity index is 683. The Labute approximate surface area is 133 Å². The summed E-state index contributed by atoms with van der Waals surface area (Å²) in [5.74, 6) is -1.37. The van der Waals surface area contributed by atoms with Crippen LogP contribution in [0.15, 0.2) is 18.2 Å². The molecule has 0 spiro atoms. The van der Waals surface area contributed by atoms with E-state index in [9.17, 15) is 19.2 Å². The van der Waals surface area contributed by atoms with E-state index >= 15 is 0 Å². The number of hydrogen-bond acceptors (Lipinski definition) is 5. The molecular weight excluding hydrogens is 300 g/mol. The molecule has 0 N–H and O–H groups in total. The van der Waals surface area contributed by atoms with E-state index < -0.39 is 5.91 Å². The van der Waals surface area contributed by atoms with E-state index in [4.69, 9.17) is 0 Å². The van der Waals surface area contributed by atoms with Crippen LogP contribution in [0.1, 0.15) is 43.9 Å². The lowest BCUT2D eigenvalue weighted by Crippen LogP contribution is -2.28. The van der Waals surface area contributed by atoms with Crippen LogP contribution in [0, 0.1) is 0 Å². The number of rotatable bonds is 5. The Balaban J connectivity index is 2.08. The number of benzene rings is 1. The van der Waals surface area contributed by atoms with Gasteiger partial charge in [0.05, 0.1) is 18.2 Å². The van der Waals surface area contributed by atoms with Gasteiger partial charge in [-0.05, 0) is 24.6 Å². The van der Waals surface area contributed by atoms with Crippen molar-refractivity contribution >= 4 is 23.7 Å². The number of imide groups is 1. The Hall–Kier alpha value is -2.70. The molecule has 3 amide bonds. The summed E-state index contributed by atoms with van der Waals surface area (Å²) in [7, 11) is 4.34. The molecule has 7 heteroatoms. The third-order valence-electron chi connectivity index (χ3n) is 3.79. The van der Waals surface area contributed by atoms with E-state index in [-0.39, 0.29) is 29.8 Å². The Morgan fingerprint density at radius 3 is 2.48 bits per heavy atom. The third kappa shape index (κ3) is 3.23. The van der Waals surface area contributed by atoms with Crippen molar-refractivity contribution in [1.29, 1.82) is 0 Å². The molecule has 122 valence electrons. The lowest BCUT2D eigenvalue weighted by atomic mass is 10.0. The average Bonchev–Trinajstić information content (AvgIpc) is 2.78. The first kappa shape index (κ1) is 16.7. The summed E-state index contributed by atoms with van der Waals surface area (Å²) in [6.45, 7) is 0.387. The zero-order valence-electron chi connectivity index (χ0n) is 13.3. The quantitative estimate of drug-likeness (QED) is 0.596. The van der Waals surface area contributed by atoms with Crippen molar-refractivity contribution in [3.63, 3.8) is 0 Å². The molecule has 2 rings (SSSR count). The molecule has 1 aliphatic rings. The van der Waals surface area contributed by atoms with Crippen LogP contribution in [0.3, 0.4) is 0 Å². The molecule has 1 aromatic rings. The van der Waals surface area contributed by atoms with E-state index in [2.05, 4.69) is 4.74 Å². The maximum Gasteiger partial charge on any atom is 0.305 e. The van der Waals surface area contributed by atoms with Gasteiger partial charge in [-0.2, -0.15) is 0 Å². The largest absolute Gasteiger partial charge is 0.469 e. The van der Waals surface area contributed by atoms with Gasteiger partial charge >= 0.3 is 5.97 Å². The van der Waals surface area contributed by atoms with Crippen molar-refractivity contribution in [2.24, 2.45) is 0 Å². The number of esters is 1. The van der Waals surface area contributed by atoms with Gasteiger partial charge in [-0.15, -0.1) is 0 Å². The number of nitrogens with zero attached hydrogens (tertiary/aromatic N) is 2. The molecule has 0 atom stereocenters. The van der Waals surface area contributed by atoms with Gasteiger partial charge in [0.25, 0.3) is 17.7 Å². The molecular formula is C16H18N2O5. The van der Waals surface area contributed by atoms with Gasteiger partial charge in [0.15, 0.2) is 0 Å². The van der Waals surface area contributed by atoms with Crippen LogP contribution in [-0.2, 0) is 9.53 Å². The van der Waals surface area contributed by atoms with Crippen LogP contribution in [0.25, 0.3) is 0 Å². The van der Waals surface area contributed by atoms with Gasteiger partial charge in [0, 0.05) is 32.6 Å². The van der Waals surface area contributed by atoms with Crippen molar-refractivity contribution in [2.75, 3.05) is 27.7 Å². The molecule has 23 heavy (non-hydrogen) atoms. The SMILES string of the molecule is COC(=O)CCCN(C)C(=O)c1ccc2c(c1)C(=O)N(C)C2=O. The minimum atomic E-state index is -0.409. The molecule has 7 nitrogen and oxygen atoms in total. The van der Waals surface area contributed by atoms with Gasteiger partial charge in [-0.1, -0.05) is 0 Å². The van der Waals surface area contributed by atoms with Crippen molar-refractivity contribution in [3.8, 4) is 0 Å². The van der Waals surface area contributed by atoms with Crippen molar-refractivity contribution in [1.82, 2.24) is 9.80 Å². The molecule has 1 aromatic carbocycles. The maximum absolute atomic E-state index is 12.4. The van der Waals surface area contributed by atoms with Crippen LogP contribution in [0.5, 0.6) is 0 Å². The molecule has 0 fully saturated rings. The van der Waals surface area contributed by atoms with Gasteiger partial charge < -0.3 is 9.64 Å². The van der Waals surface area contributed by atoms with Crippen LogP contribution >= 0.6 is 0 Å². The summed E-state index contributed by atoms with van der Waals surface area (Å²) < 4.78 is 4.54. The van der Waals surface area contributed by atoms with Crippen molar-refractivity contribution in [2.45, 2.75) is 12.8 Å². The summed E-state index contributed by atoms with van der Waals surface area (Å²) in [5, 5.41) is 0. The van der Waals surface area contributed by atoms with Crippen molar-refractivity contribution in [3.05, 3.63) is 34.9 Å². The Morgan fingerprint density at radius 2 is 1.83 bits per heavy atom. The molecule has 1 heterocycles. The normalized spacial score (nSPS) is 13.1. The highest BCUT2D eigenvalue weighted by atomic mass is 16.5. The fourth-order valence-electron chi connectivity index (χ4n) is 2.38. The maximum atomic E-state index is 12.4. The summed E-state index contributed by atoms with van der Waals surface area (Å²) in [6.07, 6.45) is 0.718. The lowest BCUT2D eigenvalue weighted by molar-refractivity contribution is -0.140. The first-order valence-corrected chi connectivity index (χ1v) is 7.15. The molecule has 0 radical (unpaired) electrons. The topological polar surface area (TPSA) is 84.0 Å². The predicted molar refractivity (Wildman–Crippen MR) is 81.1 cm³/mol. The van der Waals surface area contributed by atoms with Crippen LogP contribution < -0.4 is 0 Å².